The van der Waals surface area contributed by atoms with Crippen LogP contribution in [0.5, 0.6) is 0 Å². The Morgan fingerprint density at radius 1 is 1.44 bits per heavy atom. The number of benzene rings is 1. The van der Waals surface area contributed by atoms with Gasteiger partial charge in [0.25, 0.3) is 0 Å². The molecule has 1 rings (SSSR count). The van der Waals surface area contributed by atoms with E-state index in [-0.39, 0.29) is 13.0 Å². The van der Waals surface area contributed by atoms with Gasteiger partial charge in [-0.25, -0.2) is 4.79 Å². The molecule has 4 nitrogen and oxygen atoms in total. The maximum atomic E-state index is 12.4. The van der Waals surface area contributed by atoms with Crippen LogP contribution in [-0.4, -0.2) is 23.9 Å². The summed E-state index contributed by atoms with van der Waals surface area (Å²) >= 11 is 0. The lowest BCUT2D eigenvalue weighted by atomic mass is 10.1. The zero-order chi connectivity index (χ0) is 13.8. The summed E-state index contributed by atoms with van der Waals surface area (Å²) < 4.78 is 41.6. The molecule has 1 atom stereocenters. The Morgan fingerprint density at radius 3 is 2.67 bits per heavy atom. The predicted octanol–water partition coefficient (Wildman–Crippen LogP) is 1.70. The Bertz CT molecular complexity index is 420. The molecule has 0 saturated heterocycles. The molecule has 0 radical (unpaired) electrons. The van der Waals surface area contributed by atoms with Crippen molar-refractivity contribution in [2.24, 2.45) is 5.73 Å². The summed E-state index contributed by atoms with van der Waals surface area (Å²) in [5, 5.41) is 9.43. The number of nitrogens with two attached hydrogens (primary N) is 1. The average Bonchev–Trinajstić information content (AvgIpc) is 2.25. The summed E-state index contributed by atoms with van der Waals surface area (Å²) in [6, 6.07) is 4.58. The van der Waals surface area contributed by atoms with E-state index in [0.29, 0.717) is 5.56 Å². The maximum absolute atomic E-state index is 12.4. The van der Waals surface area contributed by atoms with Gasteiger partial charge in [-0.3, -0.25) is 0 Å². The van der Waals surface area contributed by atoms with E-state index in [2.05, 4.69) is 4.74 Å². The van der Waals surface area contributed by atoms with E-state index in [1.54, 1.807) is 0 Å². The lowest BCUT2D eigenvalue weighted by Crippen LogP contribution is -2.23. The van der Waals surface area contributed by atoms with Gasteiger partial charge in [0.2, 0.25) is 0 Å². The van der Waals surface area contributed by atoms with Crippen LogP contribution in [0.1, 0.15) is 11.1 Å². The van der Waals surface area contributed by atoms with Crippen LogP contribution in [0.3, 0.4) is 0 Å². The molecule has 0 aliphatic carbocycles. The van der Waals surface area contributed by atoms with Gasteiger partial charge in [0.05, 0.1) is 11.7 Å². The number of hydrogen-bond acceptors (Lipinski definition) is 3. The molecule has 0 spiro atoms. The van der Waals surface area contributed by atoms with E-state index in [1.807, 2.05) is 0 Å². The highest BCUT2D eigenvalue weighted by Gasteiger charge is 2.30. The summed E-state index contributed by atoms with van der Waals surface area (Å²) in [4.78, 5) is 10.3. The molecule has 0 heterocycles. The minimum atomic E-state index is -4.43. The summed E-state index contributed by atoms with van der Waals surface area (Å²) in [7, 11) is 0. The van der Waals surface area contributed by atoms with Crippen LogP contribution in [0.15, 0.2) is 24.3 Å². The lowest BCUT2D eigenvalue weighted by Gasteiger charge is -2.12. The van der Waals surface area contributed by atoms with Crippen molar-refractivity contribution in [1.29, 1.82) is 0 Å². The van der Waals surface area contributed by atoms with Crippen LogP contribution in [-0.2, 0) is 17.3 Å². The van der Waals surface area contributed by atoms with Crippen molar-refractivity contribution in [3.8, 4) is 0 Å². The van der Waals surface area contributed by atoms with Crippen molar-refractivity contribution in [2.45, 2.75) is 18.7 Å². The first-order valence-corrected chi connectivity index (χ1v) is 5.05. The minimum Gasteiger partial charge on any atom is -0.447 e. The molecule has 0 fully saturated rings. The molecule has 0 saturated carbocycles. The van der Waals surface area contributed by atoms with E-state index < -0.39 is 23.9 Å². The number of rotatable bonds is 4. The van der Waals surface area contributed by atoms with Crippen molar-refractivity contribution in [3.05, 3.63) is 35.4 Å². The van der Waals surface area contributed by atoms with Crippen molar-refractivity contribution in [1.82, 2.24) is 0 Å². The molecule has 0 bridgehead atoms. The zero-order valence-corrected chi connectivity index (χ0v) is 9.28. The van der Waals surface area contributed by atoms with Gasteiger partial charge in [0, 0.05) is 6.42 Å². The van der Waals surface area contributed by atoms with E-state index in [1.165, 1.54) is 12.1 Å². The van der Waals surface area contributed by atoms with E-state index >= 15 is 0 Å². The molecular formula is C11H12F3NO3. The van der Waals surface area contributed by atoms with E-state index in [9.17, 15) is 23.1 Å². The van der Waals surface area contributed by atoms with Gasteiger partial charge < -0.3 is 15.6 Å². The highest BCUT2D eigenvalue weighted by atomic mass is 19.4. The second kappa shape index (κ2) is 5.72. The minimum absolute atomic E-state index is 0.0583. The summed E-state index contributed by atoms with van der Waals surface area (Å²) in [5.41, 5.74) is 4.20. The van der Waals surface area contributed by atoms with Gasteiger partial charge in [-0.15, -0.1) is 0 Å². The fourth-order valence-electron chi connectivity index (χ4n) is 1.38. The number of alkyl halides is 3. The maximum Gasteiger partial charge on any atom is 0.416 e. The van der Waals surface area contributed by atoms with E-state index in [4.69, 9.17) is 5.73 Å². The molecule has 1 aromatic carbocycles. The average molecular weight is 263 g/mol. The Hall–Kier alpha value is -1.76. The number of aliphatic hydroxyl groups excluding tert-OH is 1. The molecule has 18 heavy (non-hydrogen) atoms. The second-order valence-electron chi connectivity index (χ2n) is 3.69. The summed E-state index contributed by atoms with van der Waals surface area (Å²) in [5.74, 6) is 0. The fraction of sp³-hybridized carbons (Fsp3) is 0.364. The van der Waals surface area contributed by atoms with Crippen molar-refractivity contribution in [3.63, 3.8) is 0 Å². The largest absolute Gasteiger partial charge is 0.447 e. The van der Waals surface area contributed by atoms with Gasteiger partial charge in [0.1, 0.15) is 6.61 Å². The second-order valence-corrected chi connectivity index (χ2v) is 3.69. The molecule has 3 N–H and O–H groups in total. The monoisotopic (exact) mass is 263 g/mol. The molecular weight excluding hydrogens is 251 g/mol. The van der Waals surface area contributed by atoms with Crippen LogP contribution >= 0.6 is 0 Å². The SMILES string of the molecule is NC(=O)OCC(O)Cc1cccc(C(F)(F)F)c1. The van der Waals surface area contributed by atoms with Crippen molar-refractivity contribution in [2.75, 3.05) is 6.61 Å². The van der Waals surface area contributed by atoms with Gasteiger partial charge in [-0.2, -0.15) is 13.2 Å². The first kappa shape index (κ1) is 14.3. The zero-order valence-electron chi connectivity index (χ0n) is 9.28. The number of aliphatic hydroxyl groups is 1. The van der Waals surface area contributed by atoms with Crippen molar-refractivity contribution >= 4 is 6.09 Å². The van der Waals surface area contributed by atoms with Gasteiger partial charge >= 0.3 is 12.3 Å². The smallest absolute Gasteiger partial charge is 0.416 e. The number of primary amides is 1. The molecule has 1 aromatic rings. The highest BCUT2D eigenvalue weighted by Crippen LogP contribution is 2.29. The highest BCUT2D eigenvalue weighted by molar-refractivity contribution is 5.64. The molecule has 1 amide bonds. The molecule has 7 heteroatoms. The molecule has 0 aromatic heterocycles. The van der Waals surface area contributed by atoms with E-state index in [0.717, 1.165) is 12.1 Å². The molecule has 0 aliphatic rings. The third-order valence-corrected chi connectivity index (χ3v) is 2.14. The van der Waals surface area contributed by atoms with Crippen LogP contribution in [0.4, 0.5) is 18.0 Å². The van der Waals surface area contributed by atoms with Crippen molar-refractivity contribution < 1.29 is 27.8 Å². The Kier molecular flexibility index (Phi) is 4.55. The number of carbonyl (C=O) groups excluding carboxylic acids is 1. The number of amides is 1. The first-order chi connectivity index (χ1) is 8.29. The molecule has 100 valence electrons. The summed E-state index contributed by atoms with van der Waals surface area (Å²) in [6.07, 6.45) is -6.62. The predicted molar refractivity (Wildman–Crippen MR) is 56.7 cm³/mol. The van der Waals surface area contributed by atoms with Crippen LogP contribution in [0.25, 0.3) is 0 Å². The van der Waals surface area contributed by atoms with Crippen LogP contribution < -0.4 is 5.73 Å². The van der Waals surface area contributed by atoms with Crippen LogP contribution in [0.2, 0.25) is 0 Å². The third kappa shape index (κ3) is 4.62. The van der Waals surface area contributed by atoms with Gasteiger partial charge in [0.15, 0.2) is 0 Å². The third-order valence-electron chi connectivity index (χ3n) is 2.14. The Labute approximate surface area is 101 Å². The normalized spacial score (nSPS) is 13.1. The fourth-order valence-corrected chi connectivity index (χ4v) is 1.38. The number of carbonyl (C=O) groups is 1. The lowest BCUT2D eigenvalue weighted by molar-refractivity contribution is -0.137. The van der Waals surface area contributed by atoms with Gasteiger partial charge in [-0.05, 0) is 11.6 Å². The standard InChI is InChI=1S/C11H12F3NO3/c12-11(13,14)8-3-1-2-7(4-8)5-9(16)6-18-10(15)17/h1-4,9,16H,5-6H2,(H2,15,17). The Morgan fingerprint density at radius 2 is 2.11 bits per heavy atom. The first-order valence-electron chi connectivity index (χ1n) is 5.05. The topological polar surface area (TPSA) is 72.6 Å². The van der Waals surface area contributed by atoms with Crippen LogP contribution in [0, 0.1) is 0 Å². The number of halogens is 3. The number of ether oxygens (including phenoxy) is 1. The quantitative estimate of drug-likeness (QED) is 0.868. The number of hydrogen-bond donors (Lipinski definition) is 2. The Balaban J connectivity index is 2.65. The summed E-state index contributed by atoms with van der Waals surface area (Å²) in [6.45, 7) is -0.356. The molecule has 1 unspecified atom stereocenters. The van der Waals surface area contributed by atoms with Gasteiger partial charge in [-0.1, -0.05) is 18.2 Å². The molecule has 0 aliphatic heterocycles.